The van der Waals surface area contributed by atoms with Crippen LogP contribution in [0.3, 0.4) is 0 Å². The van der Waals surface area contributed by atoms with Gasteiger partial charge in [-0.25, -0.2) is 0 Å². The van der Waals surface area contributed by atoms with Crippen molar-refractivity contribution in [1.29, 1.82) is 0 Å². The van der Waals surface area contributed by atoms with Gasteiger partial charge in [0, 0.05) is 6.54 Å². The Bertz CT molecular complexity index is 207. The maximum atomic E-state index is 11.4. The number of esters is 1. The zero-order valence-corrected chi connectivity index (χ0v) is 9.74. The minimum absolute atomic E-state index is 0.0207. The van der Waals surface area contributed by atoms with Crippen LogP contribution in [-0.2, 0) is 9.53 Å². The SMILES string of the molecule is CC(C)OC(=O)CN1CCCC(CN)C1. The molecule has 1 fully saturated rings. The van der Waals surface area contributed by atoms with Crippen molar-refractivity contribution < 1.29 is 9.53 Å². The van der Waals surface area contributed by atoms with Gasteiger partial charge in [-0.05, 0) is 45.7 Å². The van der Waals surface area contributed by atoms with Crippen LogP contribution in [0.2, 0.25) is 0 Å². The molecule has 0 aromatic carbocycles. The molecule has 0 saturated carbocycles. The molecule has 15 heavy (non-hydrogen) atoms. The third-order valence-corrected chi connectivity index (χ3v) is 2.66. The molecule has 1 aliphatic rings. The predicted molar refractivity (Wildman–Crippen MR) is 59.4 cm³/mol. The van der Waals surface area contributed by atoms with Crippen molar-refractivity contribution in [2.45, 2.75) is 32.8 Å². The fourth-order valence-electron chi connectivity index (χ4n) is 1.97. The van der Waals surface area contributed by atoms with Crippen molar-refractivity contribution in [3.05, 3.63) is 0 Å². The third kappa shape index (κ3) is 4.62. The Hall–Kier alpha value is -0.610. The highest BCUT2D eigenvalue weighted by molar-refractivity contribution is 5.71. The summed E-state index contributed by atoms with van der Waals surface area (Å²) in [6.45, 7) is 6.80. The van der Waals surface area contributed by atoms with Crippen LogP contribution in [0, 0.1) is 5.92 Å². The first-order valence-electron chi connectivity index (χ1n) is 5.73. The molecule has 0 spiro atoms. The van der Waals surface area contributed by atoms with Gasteiger partial charge in [-0.3, -0.25) is 9.69 Å². The van der Waals surface area contributed by atoms with E-state index in [1.54, 1.807) is 0 Å². The molecule has 1 rings (SSSR count). The fourth-order valence-corrected chi connectivity index (χ4v) is 1.97. The van der Waals surface area contributed by atoms with E-state index in [0.29, 0.717) is 12.5 Å². The van der Waals surface area contributed by atoms with Crippen LogP contribution < -0.4 is 5.73 Å². The maximum Gasteiger partial charge on any atom is 0.320 e. The van der Waals surface area contributed by atoms with Gasteiger partial charge in [-0.15, -0.1) is 0 Å². The first-order valence-corrected chi connectivity index (χ1v) is 5.73. The van der Waals surface area contributed by atoms with Crippen molar-refractivity contribution in [2.75, 3.05) is 26.2 Å². The molecule has 0 radical (unpaired) electrons. The van der Waals surface area contributed by atoms with E-state index in [2.05, 4.69) is 4.90 Å². The number of rotatable bonds is 4. The van der Waals surface area contributed by atoms with Crippen molar-refractivity contribution in [1.82, 2.24) is 4.90 Å². The zero-order valence-electron chi connectivity index (χ0n) is 9.74. The largest absolute Gasteiger partial charge is 0.462 e. The summed E-state index contributed by atoms with van der Waals surface area (Å²) >= 11 is 0. The van der Waals surface area contributed by atoms with E-state index in [4.69, 9.17) is 10.5 Å². The molecule has 4 heteroatoms. The highest BCUT2D eigenvalue weighted by Crippen LogP contribution is 2.14. The monoisotopic (exact) mass is 214 g/mol. The van der Waals surface area contributed by atoms with E-state index in [1.807, 2.05) is 13.8 Å². The van der Waals surface area contributed by atoms with Gasteiger partial charge in [0.15, 0.2) is 0 Å². The molecule has 0 bridgehead atoms. The number of likely N-dealkylation sites (tertiary alicyclic amines) is 1. The van der Waals surface area contributed by atoms with Crippen LogP contribution in [-0.4, -0.2) is 43.2 Å². The number of hydrogen-bond donors (Lipinski definition) is 1. The number of ether oxygens (including phenoxy) is 1. The summed E-state index contributed by atoms with van der Waals surface area (Å²) in [5.74, 6) is 0.424. The van der Waals surface area contributed by atoms with Crippen LogP contribution in [0.4, 0.5) is 0 Å². The van der Waals surface area contributed by atoms with E-state index in [-0.39, 0.29) is 12.1 Å². The first-order chi connectivity index (χ1) is 7.11. The number of nitrogens with zero attached hydrogens (tertiary/aromatic N) is 1. The molecule has 0 amide bonds. The Kier molecular flexibility index (Phi) is 5.05. The Labute approximate surface area is 91.8 Å². The predicted octanol–water partition coefficient (Wildman–Crippen LogP) is 0.609. The van der Waals surface area contributed by atoms with Gasteiger partial charge in [-0.1, -0.05) is 0 Å². The van der Waals surface area contributed by atoms with Gasteiger partial charge >= 0.3 is 5.97 Å². The highest BCUT2D eigenvalue weighted by Gasteiger charge is 2.21. The molecular formula is C11H22N2O2. The van der Waals surface area contributed by atoms with Gasteiger partial charge in [-0.2, -0.15) is 0 Å². The minimum Gasteiger partial charge on any atom is -0.462 e. The standard InChI is InChI=1S/C11H22N2O2/c1-9(2)15-11(14)8-13-5-3-4-10(6-12)7-13/h9-10H,3-8,12H2,1-2H3. The molecule has 0 aliphatic carbocycles. The van der Waals surface area contributed by atoms with Crippen LogP contribution in [0.15, 0.2) is 0 Å². The van der Waals surface area contributed by atoms with Gasteiger partial charge in [0.05, 0.1) is 12.6 Å². The van der Waals surface area contributed by atoms with Crippen molar-refractivity contribution >= 4 is 5.97 Å². The molecule has 1 aliphatic heterocycles. The maximum absolute atomic E-state index is 11.4. The molecular weight excluding hydrogens is 192 g/mol. The Balaban J connectivity index is 2.28. The summed E-state index contributed by atoms with van der Waals surface area (Å²) in [6.07, 6.45) is 2.30. The van der Waals surface area contributed by atoms with Crippen molar-refractivity contribution in [3.63, 3.8) is 0 Å². The normalized spacial score (nSPS) is 23.1. The number of hydrogen-bond acceptors (Lipinski definition) is 4. The number of piperidine rings is 1. The quantitative estimate of drug-likeness (QED) is 0.697. The van der Waals surface area contributed by atoms with Crippen molar-refractivity contribution in [2.24, 2.45) is 11.7 Å². The lowest BCUT2D eigenvalue weighted by molar-refractivity contribution is -0.149. The van der Waals surface area contributed by atoms with Crippen LogP contribution in [0.1, 0.15) is 26.7 Å². The zero-order chi connectivity index (χ0) is 11.3. The van der Waals surface area contributed by atoms with Crippen LogP contribution in [0.25, 0.3) is 0 Å². The second-order valence-electron chi connectivity index (χ2n) is 4.52. The van der Waals surface area contributed by atoms with Gasteiger partial charge in [0.1, 0.15) is 0 Å². The van der Waals surface area contributed by atoms with Crippen LogP contribution >= 0.6 is 0 Å². The molecule has 4 nitrogen and oxygen atoms in total. The molecule has 2 N–H and O–H groups in total. The lowest BCUT2D eigenvalue weighted by Gasteiger charge is -2.31. The van der Waals surface area contributed by atoms with E-state index in [9.17, 15) is 4.79 Å². The summed E-state index contributed by atoms with van der Waals surface area (Å²) in [4.78, 5) is 13.6. The molecule has 1 unspecified atom stereocenters. The lowest BCUT2D eigenvalue weighted by atomic mass is 9.98. The minimum atomic E-state index is -0.123. The number of carbonyl (C=O) groups is 1. The average molecular weight is 214 g/mol. The van der Waals surface area contributed by atoms with Gasteiger partial charge < -0.3 is 10.5 Å². The van der Waals surface area contributed by atoms with E-state index >= 15 is 0 Å². The second kappa shape index (κ2) is 6.08. The second-order valence-corrected chi connectivity index (χ2v) is 4.52. The first kappa shape index (κ1) is 12.5. The summed E-state index contributed by atoms with van der Waals surface area (Å²) in [6, 6.07) is 0. The number of nitrogens with two attached hydrogens (primary N) is 1. The van der Waals surface area contributed by atoms with Gasteiger partial charge in [0.25, 0.3) is 0 Å². The van der Waals surface area contributed by atoms with E-state index < -0.39 is 0 Å². The van der Waals surface area contributed by atoms with E-state index in [0.717, 1.165) is 26.1 Å². The van der Waals surface area contributed by atoms with Gasteiger partial charge in [0.2, 0.25) is 0 Å². The fraction of sp³-hybridized carbons (Fsp3) is 0.909. The topological polar surface area (TPSA) is 55.6 Å². The molecule has 0 aromatic rings. The molecule has 1 atom stereocenters. The average Bonchev–Trinajstić information content (AvgIpc) is 2.16. The Morgan fingerprint density at radius 1 is 1.60 bits per heavy atom. The summed E-state index contributed by atoms with van der Waals surface area (Å²) < 4.78 is 5.11. The lowest BCUT2D eigenvalue weighted by Crippen LogP contribution is -2.41. The Morgan fingerprint density at radius 2 is 2.33 bits per heavy atom. The van der Waals surface area contributed by atoms with Crippen molar-refractivity contribution in [3.8, 4) is 0 Å². The van der Waals surface area contributed by atoms with Crippen LogP contribution in [0.5, 0.6) is 0 Å². The molecule has 1 saturated heterocycles. The molecule has 0 aromatic heterocycles. The smallest absolute Gasteiger partial charge is 0.320 e. The molecule has 88 valence electrons. The molecule has 1 heterocycles. The number of carbonyl (C=O) groups excluding carboxylic acids is 1. The third-order valence-electron chi connectivity index (χ3n) is 2.66. The highest BCUT2D eigenvalue weighted by atomic mass is 16.5. The summed E-state index contributed by atoms with van der Waals surface area (Å²) in [5.41, 5.74) is 5.63. The van der Waals surface area contributed by atoms with E-state index in [1.165, 1.54) is 6.42 Å². The Morgan fingerprint density at radius 3 is 2.93 bits per heavy atom. The summed E-state index contributed by atoms with van der Waals surface area (Å²) in [5, 5.41) is 0. The summed E-state index contributed by atoms with van der Waals surface area (Å²) in [7, 11) is 0.